The summed E-state index contributed by atoms with van der Waals surface area (Å²) in [6.07, 6.45) is 0.947. The minimum atomic E-state index is -0.528. The first kappa shape index (κ1) is 20.6. The molecular weight excluding hydrogens is 378 g/mol. The Balaban J connectivity index is 1.54. The summed E-state index contributed by atoms with van der Waals surface area (Å²) < 4.78 is 5.51. The van der Waals surface area contributed by atoms with Crippen molar-refractivity contribution in [1.82, 2.24) is 14.8 Å². The number of aromatic nitrogens is 1. The van der Waals surface area contributed by atoms with Gasteiger partial charge in [0.2, 0.25) is 5.88 Å². The molecule has 1 N–H and O–H groups in total. The van der Waals surface area contributed by atoms with Gasteiger partial charge in [0.15, 0.2) is 0 Å². The monoisotopic (exact) mass is 403 g/mol. The molecule has 28 heavy (non-hydrogen) atoms. The van der Waals surface area contributed by atoms with E-state index in [2.05, 4.69) is 9.88 Å². The number of carbonyl (C=O) groups excluding carboxylic acids is 1. The number of aliphatic hydroxyl groups excluding tert-OH is 1. The quantitative estimate of drug-likeness (QED) is 0.803. The second-order valence-electron chi connectivity index (χ2n) is 7.20. The average Bonchev–Trinajstić information content (AvgIpc) is 2.70. The smallest absolute Gasteiger partial charge is 0.255 e. The summed E-state index contributed by atoms with van der Waals surface area (Å²) in [4.78, 5) is 20.9. The van der Waals surface area contributed by atoms with Gasteiger partial charge < -0.3 is 14.7 Å². The Kier molecular flexibility index (Phi) is 6.88. The van der Waals surface area contributed by atoms with E-state index in [1.54, 1.807) is 11.0 Å². The number of halogens is 1. The number of aliphatic hydroxyl groups is 1. The molecule has 0 bridgehead atoms. The molecule has 7 heteroatoms. The zero-order valence-electron chi connectivity index (χ0n) is 16.2. The number of nitrogens with zero attached hydrogens (tertiary/aromatic N) is 3. The lowest BCUT2D eigenvalue weighted by molar-refractivity contribution is 0.0527. The number of benzene rings is 1. The van der Waals surface area contributed by atoms with Gasteiger partial charge in [-0.15, -0.1) is 0 Å². The molecule has 1 atom stereocenters. The molecule has 1 unspecified atom stereocenters. The summed E-state index contributed by atoms with van der Waals surface area (Å²) in [5.74, 6) is 0.252. The molecule has 150 valence electrons. The molecule has 1 aliphatic rings. The number of rotatable bonds is 6. The molecule has 3 rings (SSSR count). The minimum absolute atomic E-state index is 0.0362. The number of hydrogen-bond donors (Lipinski definition) is 1. The lowest BCUT2D eigenvalue weighted by Gasteiger charge is -2.35. The van der Waals surface area contributed by atoms with E-state index >= 15 is 0 Å². The van der Waals surface area contributed by atoms with Crippen molar-refractivity contribution in [1.29, 1.82) is 0 Å². The number of carbonyl (C=O) groups is 1. The zero-order valence-corrected chi connectivity index (χ0v) is 17.0. The average molecular weight is 404 g/mol. The summed E-state index contributed by atoms with van der Waals surface area (Å²) in [7, 11) is 0. The van der Waals surface area contributed by atoms with Gasteiger partial charge in [-0.2, -0.15) is 0 Å². The van der Waals surface area contributed by atoms with Crippen LogP contribution >= 0.6 is 11.6 Å². The maximum Gasteiger partial charge on any atom is 0.255 e. The van der Waals surface area contributed by atoms with Gasteiger partial charge in [0, 0.05) is 38.9 Å². The van der Waals surface area contributed by atoms with Crippen molar-refractivity contribution in [2.45, 2.75) is 26.1 Å². The highest BCUT2D eigenvalue weighted by Crippen LogP contribution is 2.24. The third kappa shape index (κ3) is 5.22. The first-order chi connectivity index (χ1) is 13.4. The minimum Gasteiger partial charge on any atom is -0.474 e. The summed E-state index contributed by atoms with van der Waals surface area (Å²) in [6, 6.07) is 11.2. The standard InChI is InChI=1S/C21H26ClN3O3/c1-15(2)28-20-18(22)12-17(13-23-20)21(27)25-10-8-24(9-11-25)14-19(26)16-6-4-3-5-7-16/h3-7,12-13,15,19,26H,8-11,14H2,1-2H3. The Morgan fingerprint density at radius 2 is 1.89 bits per heavy atom. The van der Waals surface area contributed by atoms with Crippen LogP contribution in [0, 0.1) is 0 Å². The van der Waals surface area contributed by atoms with Gasteiger partial charge >= 0.3 is 0 Å². The van der Waals surface area contributed by atoms with E-state index in [0.29, 0.717) is 49.2 Å². The molecule has 0 aliphatic carbocycles. The molecule has 1 fully saturated rings. The van der Waals surface area contributed by atoms with Gasteiger partial charge in [-0.05, 0) is 25.5 Å². The van der Waals surface area contributed by atoms with Crippen LogP contribution < -0.4 is 4.74 Å². The van der Waals surface area contributed by atoms with E-state index in [9.17, 15) is 9.90 Å². The Hall–Kier alpha value is -2.15. The fourth-order valence-corrected chi connectivity index (χ4v) is 3.40. The summed E-state index contributed by atoms with van der Waals surface area (Å²) in [5, 5.41) is 10.7. The van der Waals surface area contributed by atoms with Gasteiger partial charge in [-0.1, -0.05) is 41.9 Å². The van der Waals surface area contributed by atoms with Crippen LogP contribution in [0.15, 0.2) is 42.6 Å². The highest BCUT2D eigenvalue weighted by Gasteiger charge is 2.24. The van der Waals surface area contributed by atoms with Crippen molar-refractivity contribution in [2.24, 2.45) is 0 Å². The molecule has 2 aromatic rings. The largest absolute Gasteiger partial charge is 0.474 e. The Morgan fingerprint density at radius 1 is 1.21 bits per heavy atom. The van der Waals surface area contributed by atoms with Gasteiger partial charge in [-0.3, -0.25) is 9.69 Å². The molecule has 1 aromatic carbocycles. The highest BCUT2D eigenvalue weighted by atomic mass is 35.5. The van der Waals surface area contributed by atoms with Crippen LogP contribution in [0.4, 0.5) is 0 Å². The summed E-state index contributed by atoms with van der Waals surface area (Å²) in [6.45, 7) is 6.97. The number of ether oxygens (including phenoxy) is 1. The predicted octanol–water partition coefficient (Wildman–Crippen LogP) is 3.01. The molecule has 0 saturated carbocycles. The molecular formula is C21H26ClN3O3. The lowest BCUT2D eigenvalue weighted by Crippen LogP contribution is -2.49. The lowest BCUT2D eigenvalue weighted by atomic mass is 10.1. The van der Waals surface area contributed by atoms with Crippen molar-refractivity contribution in [3.63, 3.8) is 0 Å². The topological polar surface area (TPSA) is 65.9 Å². The number of amides is 1. The molecule has 2 heterocycles. The van der Waals surface area contributed by atoms with Crippen LogP contribution in [0.1, 0.15) is 35.9 Å². The maximum atomic E-state index is 12.8. The first-order valence-corrected chi connectivity index (χ1v) is 9.88. The second-order valence-corrected chi connectivity index (χ2v) is 7.60. The molecule has 1 aliphatic heterocycles. The molecule has 1 aromatic heterocycles. The van der Waals surface area contributed by atoms with Gasteiger partial charge in [-0.25, -0.2) is 4.98 Å². The van der Waals surface area contributed by atoms with E-state index in [-0.39, 0.29) is 12.0 Å². The third-order valence-electron chi connectivity index (χ3n) is 4.68. The van der Waals surface area contributed by atoms with E-state index < -0.39 is 6.10 Å². The summed E-state index contributed by atoms with van der Waals surface area (Å²) >= 11 is 6.20. The fraction of sp³-hybridized carbons (Fsp3) is 0.429. The van der Waals surface area contributed by atoms with Crippen molar-refractivity contribution in [3.05, 3.63) is 58.7 Å². The van der Waals surface area contributed by atoms with Crippen molar-refractivity contribution >= 4 is 17.5 Å². The van der Waals surface area contributed by atoms with E-state index in [0.717, 1.165) is 5.56 Å². The number of pyridine rings is 1. The fourth-order valence-electron chi connectivity index (χ4n) is 3.19. The Labute approximate surface area is 170 Å². The van der Waals surface area contributed by atoms with E-state index in [1.807, 2.05) is 44.2 Å². The van der Waals surface area contributed by atoms with Crippen LogP contribution in [0.3, 0.4) is 0 Å². The third-order valence-corrected chi connectivity index (χ3v) is 4.95. The number of hydrogen-bond acceptors (Lipinski definition) is 5. The summed E-state index contributed by atoms with van der Waals surface area (Å²) in [5.41, 5.74) is 1.37. The molecule has 6 nitrogen and oxygen atoms in total. The Morgan fingerprint density at radius 3 is 2.50 bits per heavy atom. The number of piperazine rings is 1. The van der Waals surface area contributed by atoms with Gasteiger partial charge in [0.25, 0.3) is 5.91 Å². The van der Waals surface area contributed by atoms with Gasteiger partial charge in [0.05, 0.1) is 17.8 Å². The van der Waals surface area contributed by atoms with Crippen LogP contribution in [0.5, 0.6) is 5.88 Å². The predicted molar refractivity (Wildman–Crippen MR) is 109 cm³/mol. The molecule has 0 spiro atoms. The Bertz CT molecular complexity index is 793. The second kappa shape index (κ2) is 9.37. The van der Waals surface area contributed by atoms with E-state index in [1.165, 1.54) is 6.20 Å². The van der Waals surface area contributed by atoms with Crippen LogP contribution in [-0.2, 0) is 0 Å². The van der Waals surface area contributed by atoms with Crippen LogP contribution in [0.25, 0.3) is 0 Å². The van der Waals surface area contributed by atoms with Crippen molar-refractivity contribution in [2.75, 3.05) is 32.7 Å². The molecule has 1 saturated heterocycles. The SMILES string of the molecule is CC(C)Oc1ncc(C(=O)N2CCN(CC(O)c3ccccc3)CC2)cc1Cl. The number of β-amino-alcohol motifs (C(OH)–C–C–N with tert-alkyl or cyclic N) is 1. The van der Waals surface area contributed by atoms with Crippen molar-refractivity contribution < 1.29 is 14.6 Å². The molecule has 1 amide bonds. The van der Waals surface area contributed by atoms with Gasteiger partial charge in [0.1, 0.15) is 5.02 Å². The highest BCUT2D eigenvalue weighted by molar-refractivity contribution is 6.32. The first-order valence-electron chi connectivity index (χ1n) is 9.51. The van der Waals surface area contributed by atoms with E-state index in [4.69, 9.17) is 16.3 Å². The maximum absolute atomic E-state index is 12.8. The zero-order chi connectivity index (χ0) is 20.1. The van der Waals surface area contributed by atoms with Crippen LogP contribution in [-0.4, -0.2) is 64.6 Å². The van der Waals surface area contributed by atoms with Crippen LogP contribution in [0.2, 0.25) is 5.02 Å². The van der Waals surface area contributed by atoms with Crippen molar-refractivity contribution in [3.8, 4) is 5.88 Å². The molecule has 0 radical (unpaired) electrons. The normalized spacial score (nSPS) is 16.2.